The van der Waals surface area contributed by atoms with Crippen molar-refractivity contribution in [1.82, 2.24) is 10.2 Å². The Morgan fingerprint density at radius 2 is 2.10 bits per heavy atom. The number of benzene rings is 1. The van der Waals surface area contributed by atoms with E-state index in [2.05, 4.69) is 46.2 Å². The van der Waals surface area contributed by atoms with Crippen LogP contribution in [0, 0.1) is 0 Å². The van der Waals surface area contributed by atoms with Gasteiger partial charge >= 0.3 is 0 Å². The van der Waals surface area contributed by atoms with Crippen LogP contribution in [0.25, 0.3) is 0 Å². The molecule has 2 aliphatic heterocycles. The second-order valence-corrected chi connectivity index (χ2v) is 7.95. The van der Waals surface area contributed by atoms with Crippen molar-refractivity contribution in [1.29, 1.82) is 0 Å². The average molecular weight is 288 g/mol. The van der Waals surface area contributed by atoms with E-state index in [0.717, 1.165) is 5.25 Å². The number of rotatable bonds is 2. The first kappa shape index (κ1) is 13.2. The van der Waals surface area contributed by atoms with Crippen molar-refractivity contribution in [3.63, 3.8) is 0 Å². The number of nitrogens with one attached hydrogen (secondary N) is 1. The maximum absolute atomic E-state index is 3.64. The highest BCUT2D eigenvalue weighted by Gasteiger charge is 2.42. The van der Waals surface area contributed by atoms with Crippen LogP contribution in [0.4, 0.5) is 0 Å². The molecule has 1 atom stereocenters. The molecule has 0 radical (unpaired) electrons. The molecule has 1 N–H and O–H groups in total. The van der Waals surface area contributed by atoms with Gasteiger partial charge in [-0.1, -0.05) is 31.0 Å². The molecule has 3 heteroatoms. The van der Waals surface area contributed by atoms with Crippen molar-refractivity contribution in [2.75, 3.05) is 26.2 Å². The van der Waals surface area contributed by atoms with Crippen LogP contribution in [0.3, 0.4) is 0 Å². The topological polar surface area (TPSA) is 15.3 Å². The van der Waals surface area contributed by atoms with Crippen LogP contribution in [0.2, 0.25) is 0 Å². The van der Waals surface area contributed by atoms with E-state index in [1.54, 1.807) is 5.56 Å². The van der Waals surface area contributed by atoms with Crippen LogP contribution in [-0.4, -0.2) is 41.9 Å². The van der Waals surface area contributed by atoms with Crippen LogP contribution in [0.5, 0.6) is 0 Å². The fourth-order valence-corrected chi connectivity index (χ4v) is 5.63. The number of hydrogen-bond acceptors (Lipinski definition) is 3. The van der Waals surface area contributed by atoms with Crippen LogP contribution >= 0.6 is 11.8 Å². The van der Waals surface area contributed by atoms with Crippen molar-refractivity contribution in [2.45, 2.75) is 47.8 Å². The van der Waals surface area contributed by atoms with Gasteiger partial charge in [-0.15, -0.1) is 11.8 Å². The summed E-state index contributed by atoms with van der Waals surface area (Å²) in [6, 6.07) is 8.97. The van der Waals surface area contributed by atoms with Gasteiger partial charge in [0.15, 0.2) is 0 Å². The van der Waals surface area contributed by atoms with Crippen molar-refractivity contribution in [3.8, 4) is 0 Å². The Bertz CT molecular complexity index is 457. The molecule has 2 heterocycles. The maximum atomic E-state index is 3.64. The Kier molecular flexibility index (Phi) is 3.53. The van der Waals surface area contributed by atoms with E-state index in [4.69, 9.17) is 0 Å². The van der Waals surface area contributed by atoms with Crippen LogP contribution < -0.4 is 5.32 Å². The lowest BCUT2D eigenvalue weighted by Gasteiger charge is -2.46. The van der Waals surface area contributed by atoms with E-state index in [1.807, 2.05) is 0 Å². The van der Waals surface area contributed by atoms with Crippen LogP contribution in [0.1, 0.15) is 31.2 Å². The van der Waals surface area contributed by atoms with Gasteiger partial charge in [0.2, 0.25) is 0 Å². The first-order valence-electron chi connectivity index (χ1n) is 8.06. The minimum absolute atomic E-state index is 0.494. The van der Waals surface area contributed by atoms with Gasteiger partial charge in [0.1, 0.15) is 0 Å². The minimum Gasteiger partial charge on any atom is -0.314 e. The predicted molar refractivity (Wildman–Crippen MR) is 85.4 cm³/mol. The zero-order valence-electron chi connectivity index (χ0n) is 12.1. The zero-order chi connectivity index (χ0) is 13.4. The summed E-state index contributed by atoms with van der Waals surface area (Å²) in [4.78, 5) is 4.35. The van der Waals surface area contributed by atoms with Gasteiger partial charge in [-0.2, -0.15) is 0 Å². The second-order valence-electron chi connectivity index (χ2n) is 6.61. The third-order valence-corrected chi connectivity index (χ3v) is 6.66. The summed E-state index contributed by atoms with van der Waals surface area (Å²) < 4.78 is 0. The SMILES string of the molecule is c1ccc2c(c1)CC(CN1CCNCC13CCCC3)S2. The Balaban J connectivity index is 1.46. The number of piperazine rings is 1. The zero-order valence-corrected chi connectivity index (χ0v) is 12.9. The van der Waals surface area contributed by atoms with E-state index < -0.39 is 0 Å². The summed E-state index contributed by atoms with van der Waals surface area (Å²) in [5.41, 5.74) is 2.06. The number of thioether (sulfide) groups is 1. The van der Waals surface area contributed by atoms with E-state index in [9.17, 15) is 0 Å². The van der Waals surface area contributed by atoms with Crippen LogP contribution in [0.15, 0.2) is 29.2 Å². The monoisotopic (exact) mass is 288 g/mol. The van der Waals surface area contributed by atoms with Gasteiger partial charge in [0, 0.05) is 41.9 Å². The van der Waals surface area contributed by atoms with E-state index in [0.29, 0.717) is 5.54 Å². The summed E-state index contributed by atoms with van der Waals surface area (Å²) in [5, 5.41) is 4.41. The lowest BCUT2D eigenvalue weighted by molar-refractivity contribution is 0.0656. The molecule has 4 rings (SSSR count). The van der Waals surface area contributed by atoms with E-state index in [-0.39, 0.29) is 0 Å². The molecule has 1 saturated heterocycles. The molecule has 3 aliphatic rings. The summed E-state index contributed by atoms with van der Waals surface area (Å²) in [7, 11) is 0. The molecular formula is C17H24N2S. The lowest BCUT2D eigenvalue weighted by atomic mass is 9.92. The molecule has 1 aromatic rings. The smallest absolute Gasteiger partial charge is 0.0334 e. The molecule has 1 aromatic carbocycles. The van der Waals surface area contributed by atoms with E-state index in [1.165, 1.54) is 63.2 Å². The Hall–Kier alpha value is -0.510. The summed E-state index contributed by atoms with van der Waals surface area (Å²) in [5.74, 6) is 0. The Labute approximate surface area is 126 Å². The molecule has 0 aromatic heterocycles. The predicted octanol–water partition coefficient (Wildman–Crippen LogP) is 2.92. The molecule has 108 valence electrons. The summed E-state index contributed by atoms with van der Waals surface area (Å²) in [6.07, 6.45) is 6.93. The number of nitrogens with zero attached hydrogens (tertiary/aromatic N) is 1. The largest absolute Gasteiger partial charge is 0.314 e. The van der Waals surface area contributed by atoms with Gasteiger partial charge in [-0.25, -0.2) is 0 Å². The third-order valence-electron chi connectivity index (χ3n) is 5.36. The molecule has 1 unspecified atom stereocenters. The maximum Gasteiger partial charge on any atom is 0.0334 e. The van der Waals surface area contributed by atoms with Gasteiger partial charge in [0.05, 0.1) is 0 Å². The highest BCUT2D eigenvalue weighted by Crippen LogP contribution is 2.41. The second kappa shape index (κ2) is 5.36. The number of fused-ring (bicyclic) bond motifs is 1. The molecule has 1 spiro atoms. The number of hydrogen-bond donors (Lipinski definition) is 1. The van der Waals surface area contributed by atoms with Crippen molar-refractivity contribution < 1.29 is 0 Å². The first-order valence-corrected chi connectivity index (χ1v) is 8.94. The summed E-state index contributed by atoms with van der Waals surface area (Å²) >= 11 is 2.11. The van der Waals surface area contributed by atoms with Gasteiger partial charge in [0.25, 0.3) is 0 Å². The fraction of sp³-hybridized carbons (Fsp3) is 0.647. The van der Waals surface area contributed by atoms with Gasteiger partial charge < -0.3 is 5.32 Å². The average Bonchev–Trinajstić information content (AvgIpc) is 3.08. The van der Waals surface area contributed by atoms with Crippen molar-refractivity contribution in [2.24, 2.45) is 0 Å². The highest BCUT2D eigenvalue weighted by molar-refractivity contribution is 8.00. The standard InChI is InChI=1S/C17H24N2S/c1-2-6-16-14(5-1)11-15(20-16)12-19-10-9-18-13-17(19)7-3-4-8-17/h1-2,5-6,15,18H,3-4,7-13H2. The highest BCUT2D eigenvalue weighted by atomic mass is 32.2. The molecule has 2 nitrogen and oxygen atoms in total. The van der Waals surface area contributed by atoms with Gasteiger partial charge in [-0.3, -0.25) is 4.90 Å². The molecule has 1 aliphatic carbocycles. The van der Waals surface area contributed by atoms with Gasteiger partial charge in [-0.05, 0) is 30.9 Å². The molecule has 1 saturated carbocycles. The Morgan fingerprint density at radius 1 is 1.25 bits per heavy atom. The lowest BCUT2D eigenvalue weighted by Crippen LogP contribution is -2.61. The third kappa shape index (κ3) is 2.30. The van der Waals surface area contributed by atoms with Crippen LogP contribution in [-0.2, 0) is 6.42 Å². The summed E-state index contributed by atoms with van der Waals surface area (Å²) in [6.45, 7) is 4.91. The molecule has 0 amide bonds. The first-order chi connectivity index (χ1) is 9.86. The normalized spacial score (nSPS) is 28.9. The van der Waals surface area contributed by atoms with Crippen molar-refractivity contribution in [3.05, 3.63) is 29.8 Å². The minimum atomic E-state index is 0.494. The Morgan fingerprint density at radius 3 is 2.95 bits per heavy atom. The van der Waals surface area contributed by atoms with E-state index >= 15 is 0 Å². The molecular weight excluding hydrogens is 264 g/mol. The molecule has 20 heavy (non-hydrogen) atoms. The van der Waals surface area contributed by atoms with Crippen molar-refractivity contribution >= 4 is 11.8 Å². The molecule has 2 fully saturated rings. The fourth-order valence-electron chi connectivity index (χ4n) is 4.30. The molecule has 0 bridgehead atoms. The quantitative estimate of drug-likeness (QED) is 0.901.